The third-order valence-corrected chi connectivity index (χ3v) is 1.48. The van der Waals surface area contributed by atoms with Crippen molar-refractivity contribution < 1.29 is 29.1 Å². The Hall–Kier alpha value is -0.710. The van der Waals surface area contributed by atoms with Gasteiger partial charge in [-0.1, -0.05) is 0 Å². The molecule has 0 aliphatic carbocycles. The summed E-state index contributed by atoms with van der Waals surface area (Å²) in [6, 6.07) is 0. The van der Waals surface area contributed by atoms with Gasteiger partial charge in [-0.25, -0.2) is 9.59 Å². The van der Waals surface area contributed by atoms with Crippen LogP contribution in [0.3, 0.4) is 0 Å². The van der Waals surface area contributed by atoms with Crippen molar-refractivity contribution in [3.8, 4) is 0 Å². The number of hydrogen-bond acceptors (Lipinski definition) is 6. The number of carbonyl (C=O) groups excluding carboxylic acids is 2. The number of hydrogen-bond donors (Lipinski definition) is 2. The van der Waals surface area contributed by atoms with Crippen molar-refractivity contribution in [2.24, 2.45) is 0 Å². The van der Waals surface area contributed by atoms with Gasteiger partial charge in [0.15, 0.2) is 12.2 Å². The molecule has 0 spiro atoms. The lowest BCUT2D eigenvalue weighted by molar-refractivity contribution is -0.170. The Bertz CT molecular complexity index is 216. The summed E-state index contributed by atoms with van der Waals surface area (Å²) in [5.74, 6) is -2.19. The van der Waals surface area contributed by atoms with Gasteiger partial charge in [-0.3, -0.25) is 0 Å². The van der Waals surface area contributed by atoms with Gasteiger partial charge in [-0.2, -0.15) is 0 Å². The smallest absolute Gasteiger partial charge is 0.340 e. The van der Waals surface area contributed by atoms with E-state index < -0.39 is 30.3 Å². The maximum absolute atomic E-state index is 11.0. The molecule has 0 heterocycles. The number of esters is 1. The molecule has 0 bridgehead atoms. The highest BCUT2D eigenvalue weighted by molar-refractivity contribution is 7.10. The van der Waals surface area contributed by atoms with Crippen LogP contribution in [0.15, 0.2) is 0 Å². The van der Waals surface area contributed by atoms with E-state index in [1.54, 1.807) is 23.3 Å². The Morgan fingerprint density at radius 2 is 1.57 bits per heavy atom. The molecule has 0 saturated carbocycles. The molecule has 6 nitrogen and oxygen atoms in total. The fourth-order valence-electron chi connectivity index (χ4n) is 0.630. The highest BCUT2D eigenvalue weighted by Crippen LogP contribution is 2.03. The van der Waals surface area contributed by atoms with Gasteiger partial charge in [0.1, 0.15) is 0 Å². The van der Waals surface area contributed by atoms with E-state index in [2.05, 4.69) is 9.26 Å². The second-order valence-electron chi connectivity index (χ2n) is 2.81. The van der Waals surface area contributed by atoms with Crippen LogP contribution in [0.25, 0.3) is 0 Å². The van der Waals surface area contributed by atoms with Crippen LogP contribution in [0.4, 0.5) is 0 Å². The number of aliphatic hydroxyl groups is 2. The Kier molecular flexibility index (Phi) is 5.60. The summed E-state index contributed by atoms with van der Waals surface area (Å²) in [6.45, 7) is 3.15. The number of aliphatic hydroxyl groups excluding tert-OH is 2. The molecular formula is C7H13O6P. The molecule has 0 aromatic heterocycles. The zero-order valence-corrected chi connectivity index (χ0v) is 8.99. The summed E-state index contributed by atoms with van der Waals surface area (Å²) in [4.78, 5) is 21.7. The topological polar surface area (TPSA) is 93.1 Å². The van der Waals surface area contributed by atoms with Crippen molar-refractivity contribution in [1.29, 1.82) is 0 Å². The molecule has 0 aromatic rings. The minimum absolute atomic E-state index is 0.434. The zero-order valence-electron chi connectivity index (χ0n) is 7.84. The molecule has 82 valence electrons. The lowest BCUT2D eigenvalue weighted by atomic mass is 10.2. The lowest BCUT2D eigenvalue weighted by Crippen LogP contribution is -2.41. The summed E-state index contributed by atoms with van der Waals surface area (Å²) in [7, 11) is 1.60. The van der Waals surface area contributed by atoms with Crippen LogP contribution >= 0.6 is 9.47 Å². The van der Waals surface area contributed by atoms with E-state index in [9.17, 15) is 9.59 Å². The lowest BCUT2D eigenvalue weighted by Gasteiger charge is -2.15. The summed E-state index contributed by atoms with van der Waals surface area (Å²) in [6.07, 6.45) is -4.29. The number of carbonyl (C=O) groups is 2. The van der Waals surface area contributed by atoms with E-state index >= 15 is 0 Å². The van der Waals surface area contributed by atoms with Crippen LogP contribution in [0, 0.1) is 0 Å². The first-order valence-corrected chi connectivity index (χ1v) is 4.34. The largest absolute Gasteiger partial charge is 0.461 e. The molecule has 0 fully saturated rings. The van der Waals surface area contributed by atoms with Crippen LogP contribution in [0.1, 0.15) is 13.8 Å². The van der Waals surface area contributed by atoms with Gasteiger partial charge < -0.3 is 19.5 Å². The van der Waals surface area contributed by atoms with E-state index in [1.807, 2.05) is 0 Å². The van der Waals surface area contributed by atoms with Crippen LogP contribution in [-0.4, -0.2) is 40.5 Å². The van der Waals surface area contributed by atoms with Crippen molar-refractivity contribution in [2.75, 3.05) is 0 Å². The molecule has 0 aliphatic rings. The average Bonchev–Trinajstić information content (AvgIpc) is 2.13. The third-order valence-electron chi connectivity index (χ3n) is 1.25. The van der Waals surface area contributed by atoms with Crippen LogP contribution in [-0.2, 0) is 18.8 Å². The summed E-state index contributed by atoms with van der Waals surface area (Å²) in [5, 5.41) is 18.1. The highest BCUT2D eigenvalue weighted by atomic mass is 31.0. The first kappa shape index (κ1) is 13.3. The van der Waals surface area contributed by atoms with Crippen molar-refractivity contribution in [1.82, 2.24) is 0 Å². The first-order chi connectivity index (χ1) is 6.40. The molecule has 0 amide bonds. The number of rotatable bonds is 4. The third kappa shape index (κ3) is 4.00. The molecule has 0 radical (unpaired) electrons. The monoisotopic (exact) mass is 224 g/mol. The minimum Gasteiger partial charge on any atom is -0.461 e. The molecule has 2 N–H and O–H groups in total. The predicted molar refractivity (Wildman–Crippen MR) is 49.0 cm³/mol. The Morgan fingerprint density at radius 3 is 1.93 bits per heavy atom. The van der Waals surface area contributed by atoms with Gasteiger partial charge in [-0.15, -0.1) is 0 Å². The second kappa shape index (κ2) is 5.90. The zero-order chi connectivity index (χ0) is 11.3. The van der Waals surface area contributed by atoms with Gasteiger partial charge in [-0.05, 0) is 13.8 Å². The summed E-state index contributed by atoms with van der Waals surface area (Å²) >= 11 is 0. The molecule has 1 unspecified atom stereocenters. The van der Waals surface area contributed by atoms with Gasteiger partial charge in [0.25, 0.3) is 0 Å². The molecule has 0 aromatic carbocycles. The van der Waals surface area contributed by atoms with E-state index in [4.69, 9.17) is 10.2 Å². The van der Waals surface area contributed by atoms with Gasteiger partial charge in [0, 0.05) is 0 Å². The van der Waals surface area contributed by atoms with Crippen LogP contribution in [0.2, 0.25) is 0 Å². The van der Waals surface area contributed by atoms with Gasteiger partial charge in [0.2, 0.25) is 0 Å². The maximum atomic E-state index is 11.0. The quantitative estimate of drug-likeness (QED) is 0.469. The maximum Gasteiger partial charge on any atom is 0.340 e. The van der Waals surface area contributed by atoms with Crippen molar-refractivity contribution in [3.05, 3.63) is 0 Å². The molecule has 14 heavy (non-hydrogen) atoms. The van der Waals surface area contributed by atoms with E-state index in [0.717, 1.165) is 0 Å². The van der Waals surface area contributed by atoms with Crippen LogP contribution in [0.5, 0.6) is 0 Å². The normalized spacial score (nSPS) is 14.7. The predicted octanol–water partition coefficient (Wildman–Crippen LogP) is -1.01. The molecule has 7 heteroatoms. The Balaban J connectivity index is 4.24. The number of ether oxygens (including phenoxy) is 1. The van der Waals surface area contributed by atoms with Gasteiger partial charge in [0.05, 0.1) is 15.6 Å². The van der Waals surface area contributed by atoms with Gasteiger partial charge >= 0.3 is 11.9 Å². The van der Waals surface area contributed by atoms with E-state index in [-0.39, 0.29) is 0 Å². The molecular weight excluding hydrogens is 211 g/mol. The van der Waals surface area contributed by atoms with Crippen molar-refractivity contribution in [2.45, 2.75) is 32.2 Å². The highest BCUT2D eigenvalue weighted by Gasteiger charge is 2.32. The Morgan fingerprint density at radius 1 is 1.14 bits per heavy atom. The SMILES string of the molecule is CC(C)OC(=O)[C@@H](O)[C@H](O)C(=O)OP. The van der Waals surface area contributed by atoms with E-state index in [0.29, 0.717) is 0 Å². The Labute approximate surface area is 83.5 Å². The fourth-order valence-corrected chi connectivity index (χ4v) is 0.769. The fraction of sp³-hybridized carbons (Fsp3) is 0.714. The molecule has 3 atom stereocenters. The summed E-state index contributed by atoms with van der Waals surface area (Å²) in [5.41, 5.74) is 0. The molecule has 0 saturated heterocycles. The van der Waals surface area contributed by atoms with E-state index in [1.165, 1.54) is 0 Å². The first-order valence-electron chi connectivity index (χ1n) is 3.87. The standard InChI is InChI=1S/C7H13O6P/c1-3(2)12-6(10)4(8)5(9)7(11)13-14/h3-5,8-9H,14H2,1-2H3/t4-,5-/m0/s1. The average molecular weight is 224 g/mol. The van der Waals surface area contributed by atoms with Crippen molar-refractivity contribution >= 4 is 21.4 Å². The molecule has 0 aliphatic heterocycles. The second-order valence-corrected chi connectivity index (χ2v) is 3.05. The molecule has 0 rings (SSSR count). The summed E-state index contributed by atoms with van der Waals surface area (Å²) < 4.78 is 8.61. The van der Waals surface area contributed by atoms with Crippen LogP contribution < -0.4 is 0 Å². The van der Waals surface area contributed by atoms with Crippen molar-refractivity contribution in [3.63, 3.8) is 0 Å². The minimum atomic E-state index is -1.93.